The number of nitrogens with two attached hydrogens (primary N) is 2. The highest BCUT2D eigenvalue weighted by molar-refractivity contribution is 5.75. The summed E-state index contributed by atoms with van der Waals surface area (Å²) in [5.74, 6) is 0.636. The molecule has 2 aromatic rings. The van der Waals surface area contributed by atoms with Gasteiger partial charge in [-0.05, 0) is 26.0 Å². The number of anilines is 2. The molecule has 0 bridgehead atoms. The van der Waals surface area contributed by atoms with Crippen LogP contribution in [0, 0.1) is 0 Å². The van der Waals surface area contributed by atoms with Gasteiger partial charge in [-0.1, -0.05) is 6.07 Å². The Morgan fingerprint density at radius 3 is 2.61 bits per heavy atom. The molecule has 2 rings (SSSR count). The first-order chi connectivity index (χ1) is 8.58. The predicted octanol–water partition coefficient (Wildman–Crippen LogP) is 2.10. The van der Waals surface area contributed by atoms with Crippen LogP contribution in [0.15, 0.2) is 30.7 Å². The molecule has 0 amide bonds. The van der Waals surface area contributed by atoms with Gasteiger partial charge in [-0.15, -0.1) is 0 Å². The third-order valence-corrected chi connectivity index (χ3v) is 2.40. The summed E-state index contributed by atoms with van der Waals surface area (Å²) in [6, 6.07) is 5.40. The highest BCUT2D eigenvalue weighted by Crippen LogP contribution is 2.30. The molecule has 94 valence electrons. The van der Waals surface area contributed by atoms with E-state index in [0.29, 0.717) is 22.8 Å². The third-order valence-electron chi connectivity index (χ3n) is 2.40. The van der Waals surface area contributed by atoms with Crippen LogP contribution in [0.25, 0.3) is 11.3 Å². The van der Waals surface area contributed by atoms with Crippen molar-refractivity contribution in [2.75, 3.05) is 11.5 Å². The van der Waals surface area contributed by atoms with Gasteiger partial charge in [0.1, 0.15) is 12.0 Å². The van der Waals surface area contributed by atoms with E-state index < -0.39 is 0 Å². The largest absolute Gasteiger partial charge is 0.487 e. The standard InChI is InChI=1S/C13H16N4O/c1-8(2)18-12-6-16-7-17-13(12)9-3-4-10(14)11(15)5-9/h3-8H,14-15H2,1-2H3. The fraction of sp³-hybridized carbons (Fsp3) is 0.231. The van der Waals surface area contributed by atoms with Gasteiger partial charge in [0.15, 0.2) is 5.75 Å². The zero-order chi connectivity index (χ0) is 13.1. The number of hydrogen-bond acceptors (Lipinski definition) is 5. The molecule has 5 heteroatoms. The molecule has 1 aromatic heterocycles. The Labute approximate surface area is 106 Å². The molecule has 0 aliphatic heterocycles. The zero-order valence-electron chi connectivity index (χ0n) is 10.4. The fourth-order valence-corrected chi connectivity index (χ4v) is 1.60. The molecule has 0 saturated heterocycles. The molecule has 0 aliphatic carbocycles. The van der Waals surface area contributed by atoms with E-state index in [1.807, 2.05) is 19.9 Å². The Hall–Kier alpha value is -2.30. The first kappa shape index (κ1) is 12.2. The highest BCUT2D eigenvalue weighted by Gasteiger charge is 2.10. The molecule has 0 unspecified atom stereocenters. The van der Waals surface area contributed by atoms with Crippen LogP contribution >= 0.6 is 0 Å². The lowest BCUT2D eigenvalue weighted by atomic mass is 10.1. The quantitative estimate of drug-likeness (QED) is 0.807. The third kappa shape index (κ3) is 2.51. The normalized spacial score (nSPS) is 10.6. The van der Waals surface area contributed by atoms with Crippen molar-refractivity contribution in [1.82, 2.24) is 9.97 Å². The lowest BCUT2D eigenvalue weighted by Gasteiger charge is -2.13. The van der Waals surface area contributed by atoms with Gasteiger partial charge in [-0.3, -0.25) is 0 Å². The van der Waals surface area contributed by atoms with Crippen molar-refractivity contribution in [3.63, 3.8) is 0 Å². The van der Waals surface area contributed by atoms with Crippen LogP contribution in [0.5, 0.6) is 5.75 Å². The van der Waals surface area contributed by atoms with Gasteiger partial charge in [0, 0.05) is 5.56 Å². The molecule has 0 saturated carbocycles. The van der Waals surface area contributed by atoms with E-state index >= 15 is 0 Å². The van der Waals surface area contributed by atoms with Crippen LogP contribution < -0.4 is 16.2 Å². The molecule has 1 heterocycles. The van der Waals surface area contributed by atoms with Crippen LogP contribution in [-0.2, 0) is 0 Å². The average molecular weight is 244 g/mol. The minimum absolute atomic E-state index is 0.0564. The zero-order valence-corrected chi connectivity index (χ0v) is 10.4. The minimum Gasteiger partial charge on any atom is -0.487 e. The van der Waals surface area contributed by atoms with Crippen molar-refractivity contribution in [3.05, 3.63) is 30.7 Å². The maximum Gasteiger partial charge on any atom is 0.164 e. The van der Waals surface area contributed by atoms with Gasteiger partial charge in [0.25, 0.3) is 0 Å². The van der Waals surface area contributed by atoms with Crippen molar-refractivity contribution < 1.29 is 4.74 Å². The first-order valence-corrected chi connectivity index (χ1v) is 5.70. The summed E-state index contributed by atoms with van der Waals surface area (Å²) < 4.78 is 5.67. The first-order valence-electron chi connectivity index (χ1n) is 5.70. The second-order valence-electron chi connectivity index (χ2n) is 4.25. The second kappa shape index (κ2) is 4.91. The Morgan fingerprint density at radius 1 is 1.17 bits per heavy atom. The summed E-state index contributed by atoms with van der Waals surface area (Å²) in [6.45, 7) is 3.91. The maximum absolute atomic E-state index is 5.80. The van der Waals surface area contributed by atoms with E-state index in [2.05, 4.69) is 9.97 Å². The topological polar surface area (TPSA) is 87.0 Å². The Kier molecular flexibility index (Phi) is 3.32. The van der Waals surface area contributed by atoms with Gasteiger partial charge in [-0.2, -0.15) is 0 Å². The van der Waals surface area contributed by atoms with Crippen LogP contribution in [0.4, 0.5) is 11.4 Å². The smallest absolute Gasteiger partial charge is 0.164 e. The molecule has 0 radical (unpaired) electrons. The Bertz CT molecular complexity index is 554. The van der Waals surface area contributed by atoms with E-state index in [-0.39, 0.29) is 6.10 Å². The number of benzene rings is 1. The monoisotopic (exact) mass is 244 g/mol. The summed E-state index contributed by atoms with van der Waals surface area (Å²) in [6.07, 6.45) is 3.19. The van der Waals surface area contributed by atoms with Gasteiger partial charge in [0.2, 0.25) is 0 Å². The molecule has 1 aromatic carbocycles. The molecule has 18 heavy (non-hydrogen) atoms. The van der Waals surface area contributed by atoms with Crippen LogP contribution in [0.3, 0.4) is 0 Å². The lowest BCUT2D eigenvalue weighted by molar-refractivity contribution is 0.241. The van der Waals surface area contributed by atoms with E-state index in [1.54, 1.807) is 18.3 Å². The summed E-state index contributed by atoms with van der Waals surface area (Å²) in [5.41, 5.74) is 14.2. The number of aromatic nitrogens is 2. The lowest BCUT2D eigenvalue weighted by Crippen LogP contribution is -2.07. The van der Waals surface area contributed by atoms with Gasteiger partial charge in [-0.25, -0.2) is 9.97 Å². The molecule has 0 aliphatic rings. The Morgan fingerprint density at radius 2 is 1.94 bits per heavy atom. The Balaban J connectivity index is 2.46. The van der Waals surface area contributed by atoms with E-state index in [4.69, 9.17) is 16.2 Å². The van der Waals surface area contributed by atoms with Crippen molar-refractivity contribution in [2.24, 2.45) is 0 Å². The molecule has 4 N–H and O–H groups in total. The van der Waals surface area contributed by atoms with Crippen molar-refractivity contribution in [3.8, 4) is 17.0 Å². The SMILES string of the molecule is CC(C)Oc1cncnc1-c1ccc(N)c(N)c1. The average Bonchev–Trinajstić information content (AvgIpc) is 2.33. The summed E-state index contributed by atoms with van der Waals surface area (Å²) in [7, 11) is 0. The molecule has 0 atom stereocenters. The molecule has 0 fully saturated rings. The highest BCUT2D eigenvalue weighted by atomic mass is 16.5. The number of nitrogen functional groups attached to an aromatic ring is 2. The maximum atomic E-state index is 5.80. The van der Waals surface area contributed by atoms with E-state index in [0.717, 1.165) is 5.56 Å². The van der Waals surface area contributed by atoms with Crippen LogP contribution in [0.1, 0.15) is 13.8 Å². The molecular weight excluding hydrogens is 228 g/mol. The van der Waals surface area contributed by atoms with Gasteiger partial charge in [0.05, 0.1) is 23.7 Å². The van der Waals surface area contributed by atoms with Crippen molar-refractivity contribution in [2.45, 2.75) is 20.0 Å². The predicted molar refractivity (Wildman–Crippen MR) is 72.1 cm³/mol. The van der Waals surface area contributed by atoms with Crippen molar-refractivity contribution in [1.29, 1.82) is 0 Å². The van der Waals surface area contributed by atoms with Gasteiger partial charge >= 0.3 is 0 Å². The second-order valence-corrected chi connectivity index (χ2v) is 4.25. The minimum atomic E-state index is 0.0564. The number of hydrogen-bond donors (Lipinski definition) is 2. The summed E-state index contributed by atoms with van der Waals surface area (Å²) >= 11 is 0. The van der Waals surface area contributed by atoms with Crippen LogP contribution in [-0.4, -0.2) is 16.1 Å². The van der Waals surface area contributed by atoms with E-state index in [9.17, 15) is 0 Å². The number of nitrogens with zero attached hydrogens (tertiary/aromatic N) is 2. The molecule has 0 spiro atoms. The van der Waals surface area contributed by atoms with Crippen molar-refractivity contribution >= 4 is 11.4 Å². The number of rotatable bonds is 3. The molecule has 5 nitrogen and oxygen atoms in total. The van der Waals surface area contributed by atoms with Crippen LogP contribution in [0.2, 0.25) is 0 Å². The molecular formula is C13H16N4O. The summed E-state index contributed by atoms with van der Waals surface area (Å²) in [4.78, 5) is 8.21. The number of ether oxygens (including phenoxy) is 1. The summed E-state index contributed by atoms with van der Waals surface area (Å²) in [5, 5.41) is 0. The van der Waals surface area contributed by atoms with Gasteiger partial charge < -0.3 is 16.2 Å². The fourth-order valence-electron chi connectivity index (χ4n) is 1.60. The van der Waals surface area contributed by atoms with E-state index in [1.165, 1.54) is 6.33 Å².